The topological polar surface area (TPSA) is 49.4 Å². The average molecular weight is 322 g/mol. The lowest BCUT2D eigenvalue weighted by atomic mass is 10.1. The quantitative estimate of drug-likeness (QED) is 0.927. The predicted molar refractivity (Wildman–Crippen MR) is 96.5 cm³/mol. The maximum absolute atomic E-state index is 12.6. The third-order valence-corrected chi connectivity index (χ3v) is 4.45. The van der Waals surface area contributed by atoms with Crippen LogP contribution >= 0.6 is 0 Å². The summed E-state index contributed by atoms with van der Waals surface area (Å²) in [6, 6.07) is 13.4. The van der Waals surface area contributed by atoms with E-state index < -0.39 is 0 Å². The van der Waals surface area contributed by atoms with Crippen molar-refractivity contribution in [1.82, 2.24) is 0 Å². The van der Waals surface area contributed by atoms with E-state index in [1.54, 1.807) is 17.0 Å². The summed E-state index contributed by atoms with van der Waals surface area (Å²) >= 11 is 0. The molecule has 1 N–H and O–H groups in total. The van der Waals surface area contributed by atoms with E-state index in [0.717, 1.165) is 36.3 Å². The van der Waals surface area contributed by atoms with Crippen molar-refractivity contribution < 1.29 is 9.59 Å². The standard InChI is InChI=1S/C20H22N2O2/c1-3-15-10-9-14(2)18(12-15)21-20(24)16-6-4-7-17(13-16)22-11-5-8-19(22)23/h4,6-7,9-10,12-13H,3,5,8,11H2,1-2H3,(H,21,24). The Labute approximate surface area is 142 Å². The Morgan fingerprint density at radius 2 is 2.04 bits per heavy atom. The number of benzene rings is 2. The van der Waals surface area contributed by atoms with Crippen LogP contribution in [-0.2, 0) is 11.2 Å². The first kappa shape index (κ1) is 16.2. The maximum atomic E-state index is 12.6. The minimum atomic E-state index is -0.153. The predicted octanol–water partition coefficient (Wildman–Crippen LogP) is 3.94. The molecule has 0 aliphatic carbocycles. The van der Waals surface area contributed by atoms with Crippen molar-refractivity contribution in [2.24, 2.45) is 0 Å². The summed E-state index contributed by atoms with van der Waals surface area (Å²) in [4.78, 5) is 26.2. The van der Waals surface area contributed by atoms with Crippen molar-refractivity contribution in [2.45, 2.75) is 33.1 Å². The highest BCUT2D eigenvalue weighted by molar-refractivity contribution is 6.06. The van der Waals surface area contributed by atoms with Gasteiger partial charge in [-0.1, -0.05) is 25.1 Å². The van der Waals surface area contributed by atoms with E-state index in [4.69, 9.17) is 0 Å². The molecule has 0 bridgehead atoms. The SMILES string of the molecule is CCc1ccc(C)c(NC(=O)c2cccc(N3CCCC3=O)c2)c1. The Kier molecular flexibility index (Phi) is 4.65. The summed E-state index contributed by atoms with van der Waals surface area (Å²) in [7, 11) is 0. The Balaban J connectivity index is 1.82. The highest BCUT2D eigenvalue weighted by Crippen LogP contribution is 2.23. The first-order chi connectivity index (χ1) is 11.6. The van der Waals surface area contributed by atoms with Crippen molar-refractivity contribution >= 4 is 23.2 Å². The van der Waals surface area contributed by atoms with Gasteiger partial charge in [-0.2, -0.15) is 0 Å². The summed E-state index contributed by atoms with van der Waals surface area (Å²) in [6.45, 7) is 4.79. The third-order valence-electron chi connectivity index (χ3n) is 4.45. The zero-order valence-corrected chi connectivity index (χ0v) is 14.1. The Morgan fingerprint density at radius 1 is 1.21 bits per heavy atom. The van der Waals surface area contributed by atoms with Crippen LogP contribution in [0.4, 0.5) is 11.4 Å². The van der Waals surface area contributed by atoms with Gasteiger partial charge in [-0.15, -0.1) is 0 Å². The van der Waals surface area contributed by atoms with Gasteiger partial charge in [0.15, 0.2) is 0 Å². The van der Waals surface area contributed by atoms with Crippen LogP contribution in [0.3, 0.4) is 0 Å². The third kappa shape index (κ3) is 3.32. The number of rotatable bonds is 4. The van der Waals surface area contributed by atoms with Gasteiger partial charge in [0.25, 0.3) is 5.91 Å². The number of hydrogen-bond acceptors (Lipinski definition) is 2. The van der Waals surface area contributed by atoms with Gasteiger partial charge < -0.3 is 10.2 Å². The Hall–Kier alpha value is -2.62. The second-order valence-corrected chi connectivity index (χ2v) is 6.16. The number of carbonyl (C=O) groups is 2. The average Bonchev–Trinajstić information content (AvgIpc) is 3.03. The highest BCUT2D eigenvalue weighted by atomic mass is 16.2. The van der Waals surface area contributed by atoms with Crippen molar-refractivity contribution in [1.29, 1.82) is 0 Å². The van der Waals surface area contributed by atoms with E-state index in [2.05, 4.69) is 18.3 Å². The molecule has 2 aromatic rings. The molecule has 124 valence electrons. The number of amides is 2. The van der Waals surface area contributed by atoms with E-state index in [9.17, 15) is 9.59 Å². The van der Waals surface area contributed by atoms with Gasteiger partial charge in [0, 0.05) is 29.9 Å². The monoisotopic (exact) mass is 322 g/mol. The van der Waals surface area contributed by atoms with Gasteiger partial charge >= 0.3 is 0 Å². The molecule has 0 aromatic heterocycles. The van der Waals surface area contributed by atoms with E-state index in [1.807, 2.05) is 31.2 Å². The van der Waals surface area contributed by atoms with E-state index in [-0.39, 0.29) is 11.8 Å². The van der Waals surface area contributed by atoms with Crippen LogP contribution < -0.4 is 10.2 Å². The normalized spacial score (nSPS) is 14.1. The van der Waals surface area contributed by atoms with Crippen molar-refractivity contribution in [3.8, 4) is 0 Å². The second kappa shape index (κ2) is 6.87. The molecule has 2 aromatic carbocycles. The van der Waals surface area contributed by atoms with Crippen LogP contribution in [-0.4, -0.2) is 18.4 Å². The number of nitrogens with zero attached hydrogens (tertiary/aromatic N) is 1. The van der Waals surface area contributed by atoms with Crippen molar-refractivity contribution in [2.75, 3.05) is 16.8 Å². The summed E-state index contributed by atoms with van der Waals surface area (Å²) in [5, 5.41) is 2.99. The molecular weight excluding hydrogens is 300 g/mol. The molecule has 0 saturated carbocycles. The smallest absolute Gasteiger partial charge is 0.255 e. The molecule has 1 aliphatic heterocycles. The number of carbonyl (C=O) groups excluding carboxylic acids is 2. The first-order valence-corrected chi connectivity index (χ1v) is 8.40. The molecule has 0 spiro atoms. The molecular formula is C20H22N2O2. The lowest BCUT2D eigenvalue weighted by Gasteiger charge is -2.16. The Morgan fingerprint density at radius 3 is 2.75 bits per heavy atom. The fourth-order valence-electron chi connectivity index (χ4n) is 2.95. The summed E-state index contributed by atoms with van der Waals surface area (Å²) in [5.74, 6) is -0.0288. The maximum Gasteiger partial charge on any atom is 0.255 e. The zero-order chi connectivity index (χ0) is 17.1. The van der Waals surface area contributed by atoms with Gasteiger partial charge in [-0.25, -0.2) is 0 Å². The summed E-state index contributed by atoms with van der Waals surface area (Å²) in [6.07, 6.45) is 2.38. The van der Waals surface area contributed by atoms with Gasteiger partial charge in [0.1, 0.15) is 0 Å². The molecule has 1 saturated heterocycles. The highest BCUT2D eigenvalue weighted by Gasteiger charge is 2.22. The largest absolute Gasteiger partial charge is 0.322 e. The van der Waals surface area contributed by atoms with Crippen LogP contribution in [0.15, 0.2) is 42.5 Å². The van der Waals surface area contributed by atoms with Gasteiger partial charge in [0.2, 0.25) is 5.91 Å². The molecule has 4 heteroatoms. The molecule has 0 unspecified atom stereocenters. The van der Waals surface area contributed by atoms with Crippen molar-refractivity contribution in [3.63, 3.8) is 0 Å². The van der Waals surface area contributed by atoms with Crippen LogP contribution in [0.2, 0.25) is 0 Å². The van der Waals surface area contributed by atoms with E-state index >= 15 is 0 Å². The van der Waals surface area contributed by atoms with Gasteiger partial charge in [-0.05, 0) is 55.2 Å². The fourth-order valence-corrected chi connectivity index (χ4v) is 2.95. The molecule has 1 heterocycles. The van der Waals surface area contributed by atoms with Crippen LogP contribution in [0.1, 0.15) is 41.3 Å². The first-order valence-electron chi connectivity index (χ1n) is 8.40. The van der Waals surface area contributed by atoms with Gasteiger partial charge in [-0.3, -0.25) is 9.59 Å². The van der Waals surface area contributed by atoms with Crippen LogP contribution in [0.25, 0.3) is 0 Å². The number of hydrogen-bond donors (Lipinski definition) is 1. The molecule has 4 nitrogen and oxygen atoms in total. The number of nitrogens with one attached hydrogen (secondary N) is 1. The fraction of sp³-hybridized carbons (Fsp3) is 0.300. The molecule has 24 heavy (non-hydrogen) atoms. The van der Waals surface area contributed by atoms with Crippen LogP contribution in [0.5, 0.6) is 0 Å². The van der Waals surface area contributed by atoms with Gasteiger partial charge in [0.05, 0.1) is 0 Å². The van der Waals surface area contributed by atoms with E-state index in [0.29, 0.717) is 12.0 Å². The Bertz CT molecular complexity index is 783. The number of aryl methyl sites for hydroxylation is 2. The van der Waals surface area contributed by atoms with Crippen molar-refractivity contribution in [3.05, 3.63) is 59.2 Å². The minimum Gasteiger partial charge on any atom is -0.322 e. The molecule has 0 radical (unpaired) electrons. The lowest BCUT2D eigenvalue weighted by Crippen LogP contribution is -2.24. The molecule has 0 atom stereocenters. The molecule has 3 rings (SSSR count). The number of anilines is 2. The lowest BCUT2D eigenvalue weighted by molar-refractivity contribution is -0.117. The minimum absolute atomic E-state index is 0.124. The summed E-state index contributed by atoms with van der Waals surface area (Å²) < 4.78 is 0. The zero-order valence-electron chi connectivity index (χ0n) is 14.1. The van der Waals surface area contributed by atoms with E-state index in [1.165, 1.54) is 5.56 Å². The summed E-state index contributed by atoms with van der Waals surface area (Å²) in [5.41, 5.74) is 4.42. The van der Waals surface area contributed by atoms with Crippen LogP contribution in [0, 0.1) is 6.92 Å². The molecule has 1 fully saturated rings. The second-order valence-electron chi connectivity index (χ2n) is 6.16. The molecule has 2 amide bonds. The molecule has 1 aliphatic rings.